The number of aliphatic hydroxyl groups is 2. The van der Waals surface area contributed by atoms with Gasteiger partial charge in [-0.2, -0.15) is 4.98 Å². The van der Waals surface area contributed by atoms with Crippen LogP contribution < -0.4 is 11.3 Å². The van der Waals surface area contributed by atoms with Crippen LogP contribution in [-0.4, -0.2) is 68.9 Å². The number of aromatic nitrogens is 6. The number of H-pyrrole nitrogens is 1. The molecule has 0 aliphatic carbocycles. The van der Waals surface area contributed by atoms with Crippen LogP contribution in [0.2, 0.25) is 0 Å². The van der Waals surface area contributed by atoms with Gasteiger partial charge >= 0.3 is 7.75 Å². The molecule has 1 saturated heterocycles. The van der Waals surface area contributed by atoms with Crippen molar-refractivity contribution in [3.05, 3.63) is 35.4 Å². The fraction of sp³-hybridized carbons (Fsp3) is 0.385. The Kier molecular flexibility index (Phi) is 4.53. The Morgan fingerprint density at radius 2 is 2.14 bits per heavy atom. The van der Waals surface area contributed by atoms with Gasteiger partial charge in [-0.15, -0.1) is 0 Å². The van der Waals surface area contributed by atoms with E-state index in [0.29, 0.717) is 0 Å². The number of anilines is 1. The number of nitrogens with one attached hydrogen (secondary N) is 1. The van der Waals surface area contributed by atoms with Gasteiger partial charge in [-0.1, -0.05) is 0 Å². The van der Waals surface area contributed by atoms with Crippen molar-refractivity contribution in [3.8, 4) is 0 Å². The summed E-state index contributed by atoms with van der Waals surface area (Å²) in [6.07, 6.45) is -0.333. The molecule has 0 radical (unpaired) electrons. The molecule has 28 heavy (non-hydrogen) atoms. The van der Waals surface area contributed by atoms with Gasteiger partial charge in [0.05, 0.1) is 12.9 Å². The first-order valence-electron chi connectivity index (χ1n) is 7.98. The summed E-state index contributed by atoms with van der Waals surface area (Å²) in [5, 5.41) is 20.6. The lowest BCUT2D eigenvalue weighted by molar-refractivity contribution is -0.0487. The standard InChI is InChI=1S/C13H16N7O7P/c14-13-17-10-7(11(23)18-13)16-5-20(10)12-9(22)8(21)6(27-12)3-26-28(24,25)19-2-1-15-4-19/h1-2,4-6,8-9,12,21-22H,3H2,(H,24,25)(H3,14,17,18,23)/t6-,8?,9?,12-/m1/s1. The molecule has 0 amide bonds. The molecule has 0 spiro atoms. The average Bonchev–Trinajstić information content (AvgIpc) is 3.35. The zero-order valence-electron chi connectivity index (χ0n) is 14.1. The quantitative estimate of drug-likeness (QED) is 0.295. The zero-order valence-corrected chi connectivity index (χ0v) is 15.0. The molecular weight excluding hydrogens is 397 g/mol. The van der Waals surface area contributed by atoms with Gasteiger partial charge in [0.25, 0.3) is 5.56 Å². The van der Waals surface area contributed by atoms with E-state index in [9.17, 15) is 24.5 Å². The first kappa shape index (κ1) is 18.7. The Bertz CT molecular complexity index is 1100. The monoisotopic (exact) mass is 413 g/mol. The number of nitrogens with two attached hydrogens (primary N) is 1. The number of nitrogen functional groups attached to an aromatic ring is 1. The van der Waals surface area contributed by atoms with Crippen molar-refractivity contribution >= 4 is 24.9 Å². The number of rotatable bonds is 5. The number of aromatic amines is 1. The van der Waals surface area contributed by atoms with Crippen LogP contribution in [0.5, 0.6) is 0 Å². The molecule has 4 rings (SSSR count). The highest BCUT2D eigenvalue weighted by Gasteiger charge is 2.45. The first-order valence-corrected chi connectivity index (χ1v) is 9.51. The normalized spacial score (nSPS) is 27.2. The van der Waals surface area contributed by atoms with Gasteiger partial charge in [-0.25, -0.2) is 18.9 Å². The van der Waals surface area contributed by atoms with Crippen molar-refractivity contribution in [2.45, 2.75) is 24.5 Å². The summed E-state index contributed by atoms with van der Waals surface area (Å²) in [6, 6.07) is 0. The van der Waals surface area contributed by atoms with Crippen molar-refractivity contribution in [2.24, 2.45) is 0 Å². The highest BCUT2D eigenvalue weighted by molar-refractivity contribution is 7.51. The van der Waals surface area contributed by atoms with E-state index in [4.69, 9.17) is 15.0 Å². The molecule has 3 aromatic rings. The van der Waals surface area contributed by atoms with Crippen molar-refractivity contribution in [1.29, 1.82) is 0 Å². The topological polar surface area (TPSA) is 204 Å². The number of ether oxygens (including phenoxy) is 1. The molecule has 5 atom stereocenters. The highest BCUT2D eigenvalue weighted by Crippen LogP contribution is 2.44. The Balaban J connectivity index is 1.55. The minimum atomic E-state index is -4.24. The van der Waals surface area contributed by atoms with Crippen LogP contribution in [-0.2, 0) is 13.8 Å². The fourth-order valence-electron chi connectivity index (χ4n) is 2.86. The molecule has 1 aliphatic rings. The number of aliphatic hydroxyl groups excluding tert-OH is 2. The van der Waals surface area contributed by atoms with Gasteiger partial charge in [0, 0.05) is 12.4 Å². The first-order chi connectivity index (χ1) is 13.3. The smallest absolute Gasteiger partial charge is 0.387 e. The number of hydrogen-bond acceptors (Lipinski definition) is 10. The molecular formula is C13H16N7O7P. The fourth-order valence-corrected chi connectivity index (χ4v) is 3.76. The maximum atomic E-state index is 12.2. The van der Waals surface area contributed by atoms with E-state index in [1.807, 2.05) is 0 Å². The summed E-state index contributed by atoms with van der Waals surface area (Å²) < 4.78 is 24.8. The van der Waals surface area contributed by atoms with Crippen molar-refractivity contribution < 1.29 is 28.9 Å². The van der Waals surface area contributed by atoms with E-state index in [1.165, 1.54) is 23.3 Å². The van der Waals surface area contributed by atoms with E-state index in [-0.39, 0.29) is 17.1 Å². The molecule has 6 N–H and O–H groups in total. The van der Waals surface area contributed by atoms with Crippen LogP contribution in [0, 0.1) is 0 Å². The Morgan fingerprint density at radius 1 is 1.36 bits per heavy atom. The Hall–Kier alpha value is -2.61. The highest BCUT2D eigenvalue weighted by atomic mass is 31.2. The van der Waals surface area contributed by atoms with E-state index >= 15 is 0 Å². The Labute approximate surface area is 155 Å². The molecule has 14 nitrogen and oxygen atoms in total. The van der Waals surface area contributed by atoms with Gasteiger partial charge in [0.1, 0.15) is 24.6 Å². The second-order valence-corrected chi connectivity index (χ2v) is 7.75. The van der Waals surface area contributed by atoms with Gasteiger partial charge in [-0.3, -0.25) is 18.9 Å². The summed E-state index contributed by atoms with van der Waals surface area (Å²) in [6.45, 7) is -0.497. The van der Waals surface area contributed by atoms with Crippen LogP contribution in [0.4, 0.5) is 5.95 Å². The van der Waals surface area contributed by atoms with Gasteiger partial charge in [-0.05, 0) is 0 Å². The van der Waals surface area contributed by atoms with Gasteiger partial charge in [0.2, 0.25) is 5.95 Å². The summed E-state index contributed by atoms with van der Waals surface area (Å²) in [5.74, 6) is -0.159. The van der Waals surface area contributed by atoms with Gasteiger partial charge in [0.15, 0.2) is 17.4 Å². The predicted molar refractivity (Wildman–Crippen MR) is 91.9 cm³/mol. The Morgan fingerprint density at radius 3 is 2.86 bits per heavy atom. The second-order valence-electron chi connectivity index (χ2n) is 6.05. The molecule has 0 bridgehead atoms. The SMILES string of the molecule is Nc1nc2c(ncn2[C@@H]2O[C@H](COP(=O)(O)n3ccnc3)C(O)C2O)c(=O)[nH]1. The maximum Gasteiger partial charge on any atom is 0.437 e. The lowest BCUT2D eigenvalue weighted by Gasteiger charge is -2.18. The predicted octanol–water partition coefficient (Wildman–Crippen LogP) is -1.82. The summed E-state index contributed by atoms with van der Waals surface area (Å²) in [7, 11) is -4.24. The molecule has 3 unspecified atom stereocenters. The van der Waals surface area contributed by atoms with E-state index < -0.39 is 44.5 Å². The van der Waals surface area contributed by atoms with E-state index in [1.54, 1.807) is 0 Å². The van der Waals surface area contributed by atoms with Crippen molar-refractivity contribution in [1.82, 2.24) is 28.8 Å². The van der Waals surface area contributed by atoms with Crippen molar-refractivity contribution in [2.75, 3.05) is 12.3 Å². The van der Waals surface area contributed by atoms with Crippen LogP contribution in [0.25, 0.3) is 11.2 Å². The second kappa shape index (κ2) is 6.77. The molecule has 1 aliphatic heterocycles. The minimum absolute atomic E-state index is 0.0286. The van der Waals surface area contributed by atoms with Crippen LogP contribution in [0.15, 0.2) is 29.8 Å². The molecule has 0 saturated carbocycles. The van der Waals surface area contributed by atoms with Crippen LogP contribution in [0.3, 0.4) is 0 Å². The average molecular weight is 413 g/mol. The largest absolute Gasteiger partial charge is 0.437 e. The third kappa shape index (κ3) is 3.11. The van der Waals surface area contributed by atoms with Crippen LogP contribution in [0.1, 0.15) is 6.23 Å². The molecule has 3 aromatic heterocycles. The number of imidazole rings is 2. The third-order valence-electron chi connectivity index (χ3n) is 4.25. The lowest BCUT2D eigenvalue weighted by Crippen LogP contribution is -2.33. The lowest BCUT2D eigenvalue weighted by atomic mass is 10.1. The van der Waals surface area contributed by atoms with E-state index in [2.05, 4.69) is 19.9 Å². The molecule has 0 aromatic carbocycles. The van der Waals surface area contributed by atoms with Crippen LogP contribution >= 0.6 is 7.75 Å². The third-order valence-corrected chi connectivity index (χ3v) is 5.56. The van der Waals surface area contributed by atoms with Crippen molar-refractivity contribution in [3.63, 3.8) is 0 Å². The summed E-state index contributed by atoms with van der Waals surface area (Å²) in [5.41, 5.74) is 4.98. The number of fused-ring (bicyclic) bond motifs is 1. The summed E-state index contributed by atoms with van der Waals surface area (Å²) >= 11 is 0. The summed E-state index contributed by atoms with van der Waals surface area (Å²) in [4.78, 5) is 35.6. The minimum Gasteiger partial charge on any atom is -0.387 e. The number of nitrogens with zero attached hydrogens (tertiary/aromatic N) is 5. The molecule has 4 heterocycles. The maximum absolute atomic E-state index is 12.2. The van der Waals surface area contributed by atoms with Gasteiger partial charge < -0.3 is 25.6 Å². The van der Waals surface area contributed by atoms with E-state index in [0.717, 1.165) is 10.7 Å². The number of hydrogen-bond donors (Lipinski definition) is 5. The molecule has 150 valence electrons. The molecule has 15 heteroatoms. The zero-order chi connectivity index (χ0) is 20.1. The molecule has 1 fully saturated rings.